The van der Waals surface area contributed by atoms with E-state index in [4.69, 9.17) is 22.7 Å². The Kier molecular flexibility index (Phi) is 3.99. The minimum absolute atomic E-state index is 0.166. The van der Waals surface area contributed by atoms with Crippen LogP contribution in [0.1, 0.15) is 12.0 Å². The summed E-state index contributed by atoms with van der Waals surface area (Å²) in [6.07, 6.45) is 0.670. The largest absolute Gasteiger partial charge is 0.469 e. The molecular weight excluding hydrogens is 267 g/mol. The van der Waals surface area contributed by atoms with Gasteiger partial charge in [0.25, 0.3) is 0 Å². The summed E-state index contributed by atoms with van der Waals surface area (Å²) in [7, 11) is 1.36. The minimum atomic E-state index is -0.379. The Bertz CT molecular complexity index is 521. The summed E-state index contributed by atoms with van der Waals surface area (Å²) in [6.45, 7) is 1.10. The van der Waals surface area contributed by atoms with Gasteiger partial charge < -0.3 is 15.4 Å². The molecule has 1 saturated heterocycles. The van der Waals surface area contributed by atoms with Crippen LogP contribution in [0.4, 0.5) is 10.1 Å². The molecule has 2 N–H and O–H groups in total. The molecule has 0 bridgehead atoms. The molecule has 1 heterocycles. The van der Waals surface area contributed by atoms with Crippen molar-refractivity contribution >= 4 is 28.9 Å². The Morgan fingerprint density at radius 1 is 1.58 bits per heavy atom. The Balaban J connectivity index is 2.16. The molecule has 6 heteroatoms. The maximum atomic E-state index is 14.0. The van der Waals surface area contributed by atoms with Crippen LogP contribution in [0.3, 0.4) is 0 Å². The van der Waals surface area contributed by atoms with Gasteiger partial charge in [-0.1, -0.05) is 12.2 Å². The van der Waals surface area contributed by atoms with Crippen LogP contribution >= 0.6 is 12.2 Å². The standard InChI is InChI=1S/C13H15FN2O2S/c1-18-13(17)9-4-5-16(7-9)11-3-2-8(12(15)19)6-10(11)14/h2-3,6,9H,4-5,7H2,1H3,(H2,15,19). The smallest absolute Gasteiger partial charge is 0.310 e. The van der Waals surface area contributed by atoms with Crippen LogP contribution in [-0.2, 0) is 9.53 Å². The van der Waals surface area contributed by atoms with Crippen LogP contribution in [0.5, 0.6) is 0 Å². The molecule has 1 unspecified atom stereocenters. The number of hydrogen-bond donors (Lipinski definition) is 1. The van der Waals surface area contributed by atoms with Gasteiger partial charge in [0.15, 0.2) is 0 Å². The van der Waals surface area contributed by atoms with Crippen molar-refractivity contribution < 1.29 is 13.9 Å². The third kappa shape index (κ3) is 2.84. The average Bonchev–Trinajstić information content (AvgIpc) is 2.87. The summed E-state index contributed by atoms with van der Waals surface area (Å²) in [5.41, 5.74) is 6.42. The summed E-state index contributed by atoms with van der Waals surface area (Å²) in [5, 5.41) is 0. The first-order valence-corrected chi connectivity index (χ1v) is 6.36. The number of methoxy groups -OCH3 is 1. The number of esters is 1. The van der Waals surface area contributed by atoms with E-state index < -0.39 is 0 Å². The number of halogens is 1. The van der Waals surface area contributed by atoms with Crippen molar-refractivity contribution in [2.75, 3.05) is 25.1 Å². The molecule has 1 aliphatic rings. The second-order valence-electron chi connectivity index (χ2n) is 4.49. The summed E-state index contributed by atoms with van der Waals surface area (Å²) < 4.78 is 18.7. The molecule has 1 aliphatic heterocycles. The molecule has 0 amide bonds. The molecule has 0 aliphatic carbocycles. The van der Waals surface area contributed by atoms with Gasteiger partial charge in [0.2, 0.25) is 0 Å². The van der Waals surface area contributed by atoms with E-state index in [2.05, 4.69) is 0 Å². The van der Waals surface area contributed by atoms with E-state index in [9.17, 15) is 9.18 Å². The number of ether oxygens (including phenoxy) is 1. The average molecular weight is 282 g/mol. The number of nitrogens with two attached hydrogens (primary N) is 1. The lowest BCUT2D eigenvalue weighted by molar-refractivity contribution is -0.144. The fourth-order valence-electron chi connectivity index (χ4n) is 2.25. The summed E-state index contributed by atoms with van der Waals surface area (Å²) in [5.74, 6) is -0.821. The second kappa shape index (κ2) is 5.52. The molecule has 4 nitrogen and oxygen atoms in total. The number of rotatable bonds is 3. The van der Waals surface area contributed by atoms with E-state index in [1.165, 1.54) is 13.2 Å². The third-order valence-corrected chi connectivity index (χ3v) is 3.53. The van der Waals surface area contributed by atoms with Crippen LogP contribution in [-0.4, -0.2) is 31.2 Å². The van der Waals surface area contributed by atoms with Crippen molar-refractivity contribution in [3.63, 3.8) is 0 Å². The Labute approximate surface area is 116 Å². The Hall–Kier alpha value is -1.69. The summed E-state index contributed by atoms with van der Waals surface area (Å²) in [6, 6.07) is 4.65. The van der Waals surface area contributed by atoms with E-state index in [0.29, 0.717) is 30.8 Å². The fraction of sp³-hybridized carbons (Fsp3) is 0.385. The van der Waals surface area contributed by atoms with E-state index in [0.717, 1.165) is 0 Å². The van der Waals surface area contributed by atoms with Gasteiger partial charge in [0, 0.05) is 18.7 Å². The molecule has 102 valence electrons. The highest BCUT2D eigenvalue weighted by atomic mass is 32.1. The van der Waals surface area contributed by atoms with Crippen molar-refractivity contribution in [2.45, 2.75) is 6.42 Å². The van der Waals surface area contributed by atoms with Crippen LogP contribution in [0.15, 0.2) is 18.2 Å². The van der Waals surface area contributed by atoms with E-state index in [-0.39, 0.29) is 22.7 Å². The zero-order chi connectivity index (χ0) is 14.0. The van der Waals surface area contributed by atoms with Gasteiger partial charge in [-0.3, -0.25) is 4.79 Å². The van der Waals surface area contributed by atoms with E-state index >= 15 is 0 Å². The van der Waals surface area contributed by atoms with Crippen molar-refractivity contribution in [1.82, 2.24) is 0 Å². The molecule has 1 atom stereocenters. The number of carbonyl (C=O) groups excluding carboxylic acids is 1. The second-order valence-corrected chi connectivity index (χ2v) is 4.93. The van der Waals surface area contributed by atoms with Gasteiger partial charge in [-0.15, -0.1) is 0 Å². The van der Waals surface area contributed by atoms with Gasteiger partial charge in [-0.05, 0) is 24.6 Å². The Morgan fingerprint density at radius 2 is 2.32 bits per heavy atom. The van der Waals surface area contributed by atoms with Crippen LogP contribution in [0.2, 0.25) is 0 Å². The first kappa shape index (κ1) is 13.7. The lowest BCUT2D eigenvalue weighted by Gasteiger charge is -2.19. The lowest BCUT2D eigenvalue weighted by Crippen LogP contribution is -2.24. The predicted octanol–water partition coefficient (Wildman–Crippen LogP) is 1.46. The number of nitrogens with zero attached hydrogens (tertiary/aromatic N) is 1. The molecule has 0 aromatic heterocycles. The highest BCUT2D eigenvalue weighted by molar-refractivity contribution is 7.80. The van der Waals surface area contributed by atoms with Crippen molar-refractivity contribution in [3.8, 4) is 0 Å². The fourth-order valence-corrected chi connectivity index (χ4v) is 2.38. The minimum Gasteiger partial charge on any atom is -0.469 e. The number of hydrogen-bond acceptors (Lipinski definition) is 4. The number of anilines is 1. The highest BCUT2D eigenvalue weighted by Gasteiger charge is 2.30. The molecule has 1 fully saturated rings. The number of benzene rings is 1. The summed E-state index contributed by atoms with van der Waals surface area (Å²) >= 11 is 4.80. The summed E-state index contributed by atoms with van der Waals surface area (Å²) in [4.78, 5) is 13.4. The van der Waals surface area contributed by atoms with E-state index in [1.54, 1.807) is 12.1 Å². The maximum absolute atomic E-state index is 14.0. The third-order valence-electron chi connectivity index (χ3n) is 3.30. The van der Waals surface area contributed by atoms with Crippen LogP contribution in [0.25, 0.3) is 0 Å². The zero-order valence-electron chi connectivity index (χ0n) is 10.6. The zero-order valence-corrected chi connectivity index (χ0v) is 11.4. The van der Waals surface area contributed by atoms with Crippen molar-refractivity contribution in [1.29, 1.82) is 0 Å². The first-order valence-electron chi connectivity index (χ1n) is 5.95. The molecule has 1 aromatic rings. The van der Waals surface area contributed by atoms with Gasteiger partial charge >= 0.3 is 5.97 Å². The number of thiocarbonyl (C=S) groups is 1. The molecule has 0 spiro atoms. The van der Waals surface area contributed by atoms with Gasteiger partial charge in [0.1, 0.15) is 10.8 Å². The lowest BCUT2D eigenvalue weighted by atomic mass is 10.1. The SMILES string of the molecule is COC(=O)C1CCN(c2ccc(C(N)=S)cc2F)C1. The van der Waals surface area contributed by atoms with Gasteiger partial charge in [0.05, 0.1) is 18.7 Å². The Morgan fingerprint density at radius 3 is 2.89 bits per heavy atom. The van der Waals surface area contributed by atoms with Crippen LogP contribution in [0, 0.1) is 11.7 Å². The molecular formula is C13H15FN2O2S. The quantitative estimate of drug-likeness (QED) is 0.672. The first-order chi connectivity index (χ1) is 9.02. The van der Waals surface area contributed by atoms with Crippen LogP contribution < -0.4 is 10.6 Å². The number of carbonyl (C=O) groups is 1. The molecule has 0 saturated carbocycles. The van der Waals surface area contributed by atoms with E-state index in [1.807, 2.05) is 4.90 Å². The van der Waals surface area contributed by atoms with Crippen molar-refractivity contribution in [2.24, 2.45) is 11.7 Å². The maximum Gasteiger partial charge on any atom is 0.310 e. The predicted molar refractivity (Wildman–Crippen MR) is 74.6 cm³/mol. The molecule has 1 aromatic carbocycles. The molecule has 0 radical (unpaired) electrons. The molecule has 2 rings (SSSR count). The van der Waals surface area contributed by atoms with Crippen molar-refractivity contribution in [3.05, 3.63) is 29.6 Å². The monoisotopic (exact) mass is 282 g/mol. The topological polar surface area (TPSA) is 55.6 Å². The molecule has 19 heavy (non-hydrogen) atoms. The van der Waals surface area contributed by atoms with Gasteiger partial charge in [-0.25, -0.2) is 4.39 Å². The normalized spacial score (nSPS) is 18.4. The van der Waals surface area contributed by atoms with Gasteiger partial charge in [-0.2, -0.15) is 0 Å². The highest BCUT2D eigenvalue weighted by Crippen LogP contribution is 2.27.